The third-order valence-electron chi connectivity index (χ3n) is 3.03. The fraction of sp³-hybridized carbons (Fsp3) is 0.333. The summed E-state index contributed by atoms with van der Waals surface area (Å²) in [5.74, 6) is 0.552. The van der Waals surface area contributed by atoms with Crippen LogP contribution in [-0.2, 0) is 11.8 Å². The van der Waals surface area contributed by atoms with Gasteiger partial charge in [0.1, 0.15) is 18.4 Å². The molecule has 2 rings (SSSR count). The van der Waals surface area contributed by atoms with E-state index >= 15 is 0 Å². The number of amides is 1. The van der Waals surface area contributed by atoms with Crippen molar-refractivity contribution >= 4 is 5.91 Å². The summed E-state index contributed by atoms with van der Waals surface area (Å²) < 4.78 is 7.17. The standard InChI is InChI=1S/C15H20N4O2/c1-11-4-3-5-13(8-11)21-7-6-17-15(20)14(16)12-9-18-19(2)10-12/h3-5,8-10,14H,6-7,16H2,1-2H3,(H,17,20). The minimum atomic E-state index is -0.710. The van der Waals surface area contributed by atoms with Gasteiger partial charge in [-0.2, -0.15) is 5.10 Å². The monoisotopic (exact) mass is 288 g/mol. The first-order valence-electron chi connectivity index (χ1n) is 6.77. The molecular weight excluding hydrogens is 268 g/mol. The molecule has 1 unspecified atom stereocenters. The number of nitrogens with zero attached hydrogens (tertiary/aromatic N) is 2. The average molecular weight is 288 g/mol. The molecule has 0 saturated heterocycles. The molecule has 112 valence electrons. The number of hydrogen-bond acceptors (Lipinski definition) is 4. The fourth-order valence-corrected chi connectivity index (χ4v) is 1.91. The van der Waals surface area contributed by atoms with Crippen LogP contribution in [-0.4, -0.2) is 28.8 Å². The number of rotatable bonds is 6. The van der Waals surface area contributed by atoms with E-state index in [1.54, 1.807) is 24.1 Å². The molecule has 6 heteroatoms. The summed E-state index contributed by atoms with van der Waals surface area (Å²) in [6, 6.07) is 7.06. The van der Waals surface area contributed by atoms with Crippen molar-refractivity contribution in [3.05, 3.63) is 47.8 Å². The van der Waals surface area contributed by atoms with Gasteiger partial charge < -0.3 is 15.8 Å². The van der Waals surface area contributed by atoms with Crippen LogP contribution in [0.15, 0.2) is 36.7 Å². The van der Waals surface area contributed by atoms with Gasteiger partial charge in [-0.25, -0.2) is 0 Å². The maximum absolute atomic E-state index is 11.9. The van der Waals surface area contributed by atoms with E-state index in [1.165, 1.54) is 0 Å². The quantitative estimate of drug-likeness (QED) is 0.775. The Hall–Kier alpha value is -2.34. The zero-order valence-electron chi connectivity index (χ0n) is 12.2. The van der Waals surface area contributed by atoms with E-state index in [-0.39, 0.29) is 5.91 Å². The molecule has 1 amide bonds. The normalized spacial score (nSPS) is 12.0. The van der Waals surface area contributed by atoms with Crippen molar-refractivity contribution in [3.63, 3.8) is 0 Å². The number of hydrogen-bond donors (Lipinski definition) is 2. The van der Waals surface area contributed by atoms with Gasteiger partial charge in [-0.1, -0.05) is 12.1 Å². The van der Waals surface area contributed by atoms with Crippen LogP contribution in [0.2, 0.25) is 0 Å². The van der Waals surface area contributed by atoms with Crippen molar-refractivity contribution < 1.29 is 9.53 Å². The number of aromatic nitrogens is 2. The fourth-order valence-electron chi connectivity index (χ4n) is 1.91. The molecule has 0 aliphatic rings. The van der Waals surface area contributed by atoms with Crippen molar-refractivity contribution in [2.24, 2.45) is 12.8 Å². The zero-order chi connectivity index (χ0) is 15.2. The number of carbonyl (C=O) groups excluding carboxylic acids is 1. The van der Waals surface area contributed by atoms with E-state index in [2.05, 4.69) is 10.4 Å². The molecule has 1 aromatic heterocycles. The van der Waals surface area contributed by atoms with E-state index in [4.69, 9.17) is 10.5 Å². The average Bonchev–Trinajstić information content (AvgIpc) is 2.89. The van der Waals surface area contributed by atoms with Gasteiger partial charge in [0.25, 0.3) is 0 Å². The highest BCUT2D eigenvalue weighted by Gasteiger charge is 2.16. The molecule has 2 aromatic rings. The van der Waals surface area contributed by atoms with Crippen LogP contribution in [0.4, 0.5) is 0 Å². The lowest BCUT2D eigenvalue weighted by atomic mass is 10.1. The molecule has 1 atom stereocenters. The third kappa shape index (κ3) is 4.32. The topological polar surface area (TPSA) is 82.2 Å². The Morgan fingerprint density at radius 2 is 2.33 bits per heavy atom. The molecule has 1 heterocycles. The Bertz CT molecular complexity index is 609. The number of ether oxygens (including phenoxy) is 1. The minimum absolute atomic E-state index is 0.240. The zero-order valence-corrected chi connectivity index (χ0v) is 12.2. The van der Waals surface area contributed by atoms with E-state index in [9.17, 15) is 4.79 Å². The summed E-state index contributed by atoms with van der Waals surface area (Å²) in [6.45, 7) is 2.80. The Morgan fingerprint density at radius 1 is 1.52 bits per heavy atom. The van der Waals surface area contributed by atoms with Crippen LogP contribution < -0.4 is 15.8 Å². The van der Waals surface area contributed by atoms with Crippen molar-refractivity contribution in [1.82, 2.24) is 15.1 Å². The van der Waals surface area contributed by atoms with Gasteiger partial charge in [-0.05, 0) is 24.6 Å². The van der Waals surface area contributed by atoms with Crippen molar-refractivity contribution in [2.75, 3.05) is 13.2 Å². The minimum Gasteiger partial charge on any atom is -0.492 e. The summed E-state index contributed by atoms with van der Waals surface area (Å²) >= 11 is 0. The summed E-state index contributed by atoms with van der Waals surface area (Å²) in [6.07, 6.45) is 3.32. The number of aryl methyl sites for hydroxylation is 2. The largest absolute Gasteiger partial charge is 0.492 e. The second kappa shape index (κ2) is 6.90. The van der Waals surface area contributed by atoms with Crippen molar-refractivity contribution in [3.8, 4) is 5.75 Å². The van der Waals surface area contributed by atoms with Crippen LogP contribution in [0, 0.1) is 6.92 Å². The molecule has 1 aromatic carbocycles. The maximum atomic E-state index is 11.9. The first kappa shape index (κ1) is 15.1. The Balaban J connectivity index is 1.74. The smallest absolute Gasteiger partial charge is 0.241 e. The van der Waals surface area contributed by atoms with E-state index < -0.39 is 6.04 Å². The summed E-state index contributed by atoms with van der Waals surface area (Å²) in [7, 11) is 1.78. The second-order valence-corrected chi connectivity index (χ2v) is 4.88. The SMILES string of the molecule is Cc1cccc(OCCNC(=O)C(N)c2cnn(C)c2)c1. The van der Waals surface area contributed by atoms with E-state index in [1.807, 2.05) is 31.2 Å². The van der Waals surface area contributed by atoms with Crippen LogP contribution in [0.1, 0.15) is 17.2 Å². The molecule has 0 bridgehead atoms. The van der Waals surface area contributed by atoms with Crippen LogP contribution in [0.3, 0.4) is 0 Å². The number of nitrogens with one attached hydrogen (secondary N) is 1. The lowest BCUT2D eigenvalue weighted by molar-refractivity contribution is -0.122. The second-order valence-electron chi connectivity index (χ2n) is 4.88. The molecule has 3 N–H and O–H groups in total. The highest BCUT2D eigenvalue weighted by atomic mass is 16.5. The number of benzene rings is 1. The number of carbonyl (C=O) groups is 1. The summed E-state index contributed by atoms with van der Waals surface area (Å²) in [4.78, 5) is 11.9. The summed E-state index contributed by atoms with van der Waals surface area (Å²) in [5.41, 5.74) is 7.68. The van der Waals surface area contributed by atoms with Gasteiger partial charge in [0, 0.05) is 18.8 Å². The molecule has 0 aliphatic carbocycles. The highest BCUT2D eigenvalue weighted by Crippen LogP contribution is 2.12. The first-order chi connectivity index (χ1) is 10.1. The highest BCUT2D eigenvalue weighted by molar-refractivity contribution is 5.82. The third-order valence-corrected chi connectivity index (χ3v) is 3.03. The first-order valence-corrected chi connectivity index (χ1v) is 6.77. The summed E-state index contributed by atoms with van der Waals surface area (Å²) in [5, 5.41) is 6.75. The molecular formula is C15H20N4O2. The lowest BCUT2D eigenvalue weighted by Gasteiger charge is -2.11. The number of nitrogens with two attached hydrogens (primary N) is 1. The van der Waals surface area contributed by atoms with Crippen LogP contribution in [0.25, 0.3) is 0 Å². The van der Waals surface area contributed by atoms with Gasteiger partial charge in [-0.15, -0.1) is 0 Å². The van der Waals surface area contributed by atoms with Gasteiger partial charge >= 0.3 is 0 Å². The van der Waals surface area contributed by atoms with Crippen LogP contribution in [0.5, 0.6) is 5.75 Å². The van der Waals surface area contributed by atoms with Crippen molar-refractivity contribution in [1.29, 1.82) is 0 Å². The Kier molecular flexibility index (Phi) is 4.94. The molecule has 21 heavy (non-hydrogen) atoms. The van der Waals surface area contributed by atoms with Gasteiger partial charge in [-0.3, -0.25) is 9.48 Å². The molecule has 6 nitrogen and oxygen atoms in total. The lowest BCUT2D eigenvalue weighted by Crippen LogP contribution is -2.36. The van der Waals surface area contributed by atoms with Gasteiger partial charge in [0.05, 0.1) is 12.7 Å². The molecule has 0 aliphatic heterocycles. The molecule has 0 fully saturated rings. The molecule has 0 radical (unpaired) electrons. The van der Waals surface area contributed by atoms with Crippen LogP contribution >= 0.6 is 0 Å². The van der Waals surface area contributed by atoms with E-state index in [0.29, 0.717) is 18.7 Å². The van der Waals surface area contributed by atoms with Gasteiger partial charge in [0.2, 0.25) is 5.91 Å². The predicted octanol–water partition coefficient (Wildman–Crippen LogP) is 0.924. The Labute approximate surface area is 123 Å². The Morgan fingerprint density at radius 3 is 3.00 bits per heavy atom. The van der Waals surface area contributed by atoms with Gasteiger partial charge in [0.15, 0.2) is 0 Å². The molecule has 0 saturated carbocycles. The van der Waals surface area contributed by atoms with E-state index in [0.717, 1.165) is 11.3 Å². The predicted molar refractivity (Wildman–Crippen MR) is 79.8 cm³/mol. The molecule has 0 spiro atoms. The van der Waals surface area contributed by atoms with Crippen molar-refractivity contribution in [2.45, 2.75) is 13.0 Å². The maximum Gasteiger partial charge on any atom is 0.241 e.